The molecule has 0 fully saturated rings. The second-order valence-corrected chi connectivity index (χ2v) is 4.50. The average molecular weight is 274 g/mol. The molecular formula is C13H14N4OS. The molecule has 2 aromatic rings. The van der Waals surface area contributed by atoms with Crippen LogP contribution in [0.4, 0.5) is 0 Å². The van der Waals surface area contributed by atoms with E-state index in [1.165, 1.54) is 0 Å². The Bertz CT molecular complexity index is 648. The van der Waals surface area contributed by atoms with Crippen molar-refractivity contribution < 1.29 is 4.79 Å². The molecule has 0 saturated carbocycles. The van der Waals surface area contributed by atoms with E-state index < -0.39 is 0 Å². The quantitative estimate of drug-likeness (QED) is 0.824. The Morgan fingerprint density at radius 2 is 2.16 bits per heavy atom. The fourth-order valence-corrected chi connectivity index (χ4v) is 2.02. The van der Waals surface area contributed by atoms with Crippen molar-refractivity contribution in [3.8, 4) is 5.69 Å². The van der Waals surface area contributed by atoms with Crippen molar-refractivity contribution in [2.45, 2.75) is 6.92 Å². The monoisotopic (exact) mass is 274 g/mol. The van der Waals surface area contributed by atoms with E-state index in [-0.39, 0.29) is 5.91 Å². The maximum Gasteiger partial charge on any atom is 0.271 e. The first-order valence-corrected chi connectivity index (χ1v) is 6.13. The number of carbonyl (C=O) groups is 1. The van der Waals surface area contributed by atoms with Gasteiger partial charge in [0.1, 0.15) is 4.99 Å². The van der Waals surface area contributed by atoms with E-state index in [1.807, 2.05) is 25.1 Å². The smallest absolute Gasteiger partial charge is 0.271 e. The van der Waals surface area contributed by atoms with Gasteiger partial charge in [-0.2, -0.15) is 5.10 Å². The van der Waals surface area contributed by atoms with Crippen molar-refractivity contribution in [1.82, 2.24) is 15.1 Å². The van der Waals surface area contributed by atoms with E-state index in [2.05, 4.69) is 10.4 Å². The Balaban J connectivity index is 2.56. The Morgan fingerprint density at radius 3 is 2.79 bits per heavy atom. The number of hydrogen-bond acceptors (Lipinski definition) is 3. The van der Waals surface area contributed by atoms with Crippen molar-refractivity contribution >= 4 is 23.1 Å². The van der Waals surface area contributed by atoms with E-state index >= 15 is 0 Å². The summed E-state index contributed by atoms with van der Waals surface area (Å²) in [6, 6.07) is 7.31. The van der Waals surface area contributed by atoms with Crippen molar-refractivity contribution in [2.24, 2.45) is 5.73 Å². The topological polar surface area (TPSA) is 72.9 Å². The highest BCUT2D eigenvalue weighted by atomic mass is 32.1. The molecule has 0 bridgehead atoms. The van der Waals surface area contributed by atoms with Gasteiger partial charge < -0.3 is 11.1 Å². The lowest BCUT2D eigenvalue weighted by Gasteiger charge is -2.11. The summed E-state index contributed by atoms with van der Waals surface area (Å²) in [5, 5.41) is 6.78. The van der Waals surface area contributed by atoms with Gasteiger partial charge in [0.25, 0.3) is 5.91 Å². The summed E-state index contributed by atoms with van der Waals surface area (Å²) >= 11 is 5.05. The maximum atomic E-state index is 11.5. The van der Waals surface area contributed by atoms with E-state index in [1.54, 1.807) is 24.0 Å². The number of aromatic nitrogens is 2. The number of nitrogens with zero attached hydrogens (tertiary/aromatic N) is 2. The number of nitrogens with one attached hydrogen (secondary N) is 1. The summed E-state index contributed by atoms with van der Waals surface area (Å²) < 4.78 is 1.62. The lowest BCUT2D eigenvalue weighted by atomic mass is 10.1. The number of rotatable bonds is 3. The minimum absolute atomic E-state index is 0.232. The number of para-hydroxylation sites is 1. The van der Waals surface area contributed by atoms with Crippen LogP contribution in [0.2, 0.25) is 0 Å². The predicted molar refractivity (Wildman–Crippen MR) is 77.6 cm³/mol. The zero-order valence-electron chi connectivity index (χ0n) is 10.7. The van der Waals surface area contributed by atoms with Crippen LogP contribution in [0.25, 0.3) is 5.69 Å². The van der Waals surface area contributed by atoms with Crippen LogP contribution >= 0.6 is 12.2 Å². The summed E-state index contributed by atoms with van der Waals surface area (Å²) in [6.07, 6.45) is 1.72. The number of benzene rings is 1. The van der Waals surface area contributed by atoms with Crippen LogP contribution in [-0.2, 0) is 0 Å². The van der Waals surface area contributed by atoms with Gasteiger partial charge in [0.15, 0.2) is 5.69 Å². The molecule has 0 radical (unpaired) electrons. The molecule has 0 unspecified atom stereocenters. The minimum Gasteiger partial charge on any atom is -0.389 e. The van der Waals surface area contributed by atoms with Gasteiger partial charge in [0.2, 0.25) is 0 Å². The van der Waals surface area contributed by atoms with E-state index in [9.17, 15) is 4.79 Å². The normalized spacial score (nSPS) is 10.2. The lowest BCUT2D eigenvalue weighted by Crippen LogP contribution is -2.19. The van der Waals surface area contributed by atoms with Gasteiger partial charge in [0.05, 0.1) is 5.69 Å². The van der Waals surface area contributed by atoms with Gasteiger partial charge in [-0.15, -0.1) is 0 Å². The molecule has 0 spiro atoms. The molecule has 2 rings (SSSR count). The number of thiocarbonyl (C=S) groups is 1. The zero-order valence-corrected chi connectivity index (χ0v) is 11.5. The molecule has 5 nitrogen and oxygen atoms in total. The molecule has 1 heterocycles. The fourth-order valence-electron chi connectivity index (χ4n) is 1.86. The SMILES string of the molecule is CNC(=O)c1ccn(-c2c(C)cccc2C(N)=S)n1. The fraction of sp³-hybridized carbons (Fsp3) is 0.154. The molecule has 19 heavy (non-hydrogen) atoms. The van der Waals surface area contributed by atoms with Crippen molar-refractivity contribution in [3.63, 3.8) is 0 Å². The van der Waals surface area contributed by atoms with Gasteiger partial charge in [-0.25, -0.2) is 4.68 Å². The van der Waals surface area contributed by atoms with Crippen molar-refractivity contribution in [2.75, 3.05) is 7.05 Å². The third-order valence-corrected chi connectivity index (χ3v) is 3.00. The highest BCUT2D eigenvalue weighted by Gasteiger charge is 2.13. The van der Waals surface area contributed by atoms with Crippen molar-refractivity contribution in [1.29, 1.82) is 0 Å². The maximum absolute atomic E-state index is 11.5. The average Bonchev–Trinajstić information content (AvgIpc) is 2.86. The number of nitrogens with two attached hydrogens (primary N) is 1. The Morgan fingerprint density at radius 1 is 1.42 bits per heavy atom. The Kier molecular flexibility index (Phi) is 3.62. The van der Waals surface area contributed by atoms with Crippen LogP contribution in [-0.4, -0.2) is 27.7 Å². The molecule has 0 saturated heterocycles. The molecule has 0 aliphatic carbocycles. The Hall–Kier alpha value is -2.21. The van der Waals surface area contributed by atoms with Crippen molar-refractivity contribution in [3.05, 3.63) is 47.3 Å². The van der Waals surface area contributed by atoms with Gasteiger partial charge >= 0.3 is 0 Å². The number of hydrogen-bond donors (Lipinski definition) is 2. The van der Waals surface area contributed by atoms with Gasteiger partial charge in [-0.05, 0) is 24.6 Å². The first-order chi connectivity index (χ1) is 9.04. The van der Waals surface area contributed by atoms with Crippen LogP contribution in [0, 0.1) is 6.92 Å². The molecule has 1 aromatic heterocycles. The Labute approximate surface area is 116 Å². The largest absolute Gasteiger partial charge is 0.389 e. The molecule has 3 N–H and O–H groups in total. The lowest BCUT2D eigenvalue weighted by molar-refractivity contribution is 0.0957. The predicted octanol–water partition coefficient (Wildman–Crippen LogP) is 1.17. The zero-order chi connectivity index (χ0) is 14.0. The second-order valence-electron chi connectivity index (χ2n) is 4.06. The number of carbonyl (C=O) groups excluding carboxylic acids is 1. The van der Waals surface area contributed by atoms with Crippen LogP contribution in [0.15, 0.2) is 30.5 Å². The van der Waals surface area contributed by atoms with E-state index in [0.717, 1.165) is 16.8 Å². The first-order valence-electron chi connectivity index (χ1n) is 5.72. The summed E-state index contributed by atoms with van der Waals surface area (Å²) in [5.74, 6) is -0.232. The van der Waals surface area contributed by atoms with Crippen LogP contribution in [0.1, 0.15) is 21.6 Å². The van der Waals surface area contributed by atoms with Crippen LogP contribution in [0.3, 0.4) is 0 Å². The number of aryl methyl sites for hydroxylation is 1. The molecule has 6 heteroatoms. The van der Waals surface area contributed by atoms with E-state index in [0.29, 0.717) is 10.7 Å². The molecule has 98 valence electrons. The van der Waals surface area contributed by atoms with Gasteiger partial charge in [0, 0.05) is 18.8 Å². The molecule has 0 aliphatic heterocycles. The van der Waals surface area contributed by atoms with Gasteiger partial charge in [-0.1, -0.05) is 24.4 Å². The van der Waals surface area contributed by atoms with Crippen LogP contribution < -0.4 is 11.1 Å². The molecule has 1 aromatic carbocycles. The third kappa shape index (κ3) is 2.48. The molecule has 0 atom stereocenters. The van der Waals surface area contributed by atoms with Crippen LogP contribution in [0.5, 0.6) is 0 Å². The second kappa shape index (κ2) is 5.19. The number of amides is 1. The summed E-state index contributed by atoms with van der Waals surface area (Å²) in [5.41, 5.74) is 8.59. The summed E-state index contributed by atoms with van der Waals surface area (Å²) in [4.78, 5) is 11.8. The first kappa shape index (κ1) is 13.2. The molecule has 0 aliphatic rings. The standard InChI is InChI=1S/C13H14N4OS/c1-8-4-3-5-9(12(14)19)11(8)17-7-6-10(16-17)13(18)15-2/h3-7H,1-2H3,(H2,14,19)(H,15,18). The highest BCUT2D eigenvalue weighted by molar-refractivity contribution is 7.80. The molecular weight excluding hydrogens is 260 g/mol. The highest BCUT2D eigenvalue weighted by Crippen LogP contribution is 2.19. The van der Waals surface area contributed by atoms with E-state index in [4.69, 9.17) is 18.0 Å². The summed E-state index contributed by atoms with van der Waals surface area (Å²) in [7, 11) is 1.57. The minimum atomic E-state index is -0.232. The summed E-state index contributed by atoms with van der Waals surface area (Å²) in [6.45, 7) is 1.94. The molecule has 1 amide bonds. The third-order valence-electron chi connectivity index (χ3n) is 2.78. The van der Waals surface area contributed by atoms with Gasteiger partial charge in [-0.3, -0.25) is 4.79 Å².